The molecule has 0 aromatic carbocycles. The van der Waals surface area contributed by atoms with Gasteiger partial charge in [0.1, 0.15) is 42.3 Å². The van der Waals surface area contributed by atoms with Gasteiger partial charge in [-0.1, -0.05) is 13.8 Å². The van der Waals surface area contributed by atoms with Crippen molar-refractivity contribution in [1.82, 2.24) is 37.2 Å². The molecule has 0 heterocycles. The second kappa shape index (κ2) is 32.5. The molecule has 7 amide bonds. The van der Waals surface area contributed by atoms with Gasteiger partial charge in [0, 0.05) is 6.42 Å². The molecule has 0 bridgehead atoms. The number of amides is 7. The number of carboxylic acid groups (broad SMARTS) is 3. The van der Waals surface area contributed by atoms with E-state index >= 15 is 0 Å². The molecular formula is C39H70N10O15S. The summed E-state index contributed by atoms with van der Waals surface area (Å²) in [6, 6.07) is -12.4. The SMILES string of the molecule is CSCC[C@H](N)C(=O)N[C@H](C(=O)N[C@@H](CCCCN)C(=O)N[C@@H](CCC(=O)O)C(=O)N[C@@H](CC(=O)O)C(=O)N[C@@H](CO)C(=O)N[C@@H](CCCCN)C(=O)N[C@@H](CC(C)C)C(=O)O)[C@@H](C)O. The van der Waals surface area contributed by atoms with Crippen molar-refractivity contribution in [2.24, 2.45) is 23.1 Å². The minimum absolute atomic E-state index is 0.0293. The van der Waals surface area contributed by atoms with E-state index in [1.54, 1.807) is 20.1 Å². The van der Waals surface area contributed by atoms with Gasteiger partial charge in [-0.3, -0.25) is 43.2 Å². The summed E-state index contributed by atoms with van der Waals surface area (Å²) >= 11 is 1.43. The minimum Gasteiger partial charge on any atom is -0.481 e. The van der Waals surface area contributed by atoms with Gasteiger partial charge < -0.3 is 80.0 Å². The van der Waals surface area contributed by atoms with Crippen LogP contribution < -0.4 is 54.4 Å². The Morgan fingerprint density at radius 1 is 0.538 bits per heavy atom. The number of aliphatic carboxylic acids is 3. The van der Waals surface area contributed by atoms with Gasteiger partial charge in [-0.05, 0) is 95.7 Å². The third-order valence-electron chi connectivity index (χ3n) is 9.62. The molecule has 0 aliphatic rings. The van der Waals surface area contributed by atoms with Crippen molar-refractivity contribution in [3.05, 3.63) is 0 Å². The van der Waals surface area contributed by atoms with Gasteiger partial charge in [0.15, 0.2) is 0 Å². The van der Waals surface area contributed by atoms with Gasteiger partial charge in [-0.15, -0.1) is 0 Å². The summed E-state index contributed by atoms with van der Waals surface area (Å²) in [7, 11) is 0. The molecule has 0 radical (unpaired) electrons. The van der Waals surface area contributed by atoms with Crippen molar-refractivity contribution in [3.8, 4) is 0 Å². The van der Waals surface area contributed by atoms with Crippen molar-refractivity contribution >= 4 is 71.0 Å². The monoisotopic (exact) mass is 950 g/mol. The highest BCUT2D eigenvalue weighted by atomic mass is 32.2. The number of rotatable bonds is 35. The summed E-state index contributed by atoms with van der Waals surface area (Å²) in [5.41, 5.74) is 17.1. The summed E-state index contributed by atoms with van der Waals surface area (Å²) in [6.45, 7) is 3.99. The van der Waals surface area contributed by atoms with Crippen molar-refractivity contribution in [3.63, 3.8) is 0 Å². The number of carbonyl (C=O) groups is 10. The Morgan fingerprint density at radius 2 is 0.969 bits per heavy atom. The minimum atomic E-state index is -2.01. The first-order valence-electron chi connectivity index (χ1n) is 21.3. The Bertz CT molecular complexity index is 1590. The van der Waals surface area contributed by atoms with Gasteiger partial charge in [0.2, 0.25) is 41.4 Å². The Balaban J connectivity index is 6.44. The lowest BCUT2D eigenvalue weighted by Gasteiger charge is -2.28. The van der Waals surface area contributed by atoms with Crippen LogP contribution in [-0.4, -0.2) is 171 Å². The quantitative estimate of drug-likeness (QED) is 0.0267. The molecule has 0 rings (SSSR count). The molecule has 0 aliphatic carbocycles. The molecule has 0 saturated heterocycles. The van der Waals surface area contributed by atoms with Crippen LogP contribution in [0.5, 0.6) is 0 Å². The summed E-state index contributed by atoms with van der Waals surface area (Å²) in [4.78, 5) is 129. The normalized spacial score (nSPS) is 15.3. The van der Waals surface area contributed by atoms with E-state index < -0.39 is 140 Å². The molecule has 65 heavy (non-hydrogen) atoms. The van der Waals surface area contributed by atoms with Gasteiger partial charge in [-0.25, -0.2) is 4.79 Å². The highest BCUT2D eigenvalue weighted by Crippen LogP contribution is 2.10. The fourth-order valence-corrected chi connectivity index (χ4v) is 6.48. The van der Waals surface area contributed by atoms with E-state index in [2.05, 4.69) is 37.2 Å². The van der Waals surface area contributed by atoms with Crippen LogP contribution in [0.2, 0.25) is 0 Å². The van der Waals surface area contributed by atoms with Crippen LogP contribution in [-0.2, 0) is 47.9 Å². The molecule has 25 nitrogen and oxygen atoms in total. The van der Waals surface area contributed by atoms with Crippen molar-refractivity contribution in [2.45, 2.75) is 146 Å². The third kappa shape index (κ3) is 24.6. The predicted molar refractivity (Wildman–Crippen MR) is 235 cm³/mol. The van der Waals surface area contributed by atoms with Crippen molar-refractivity contribution < 1.29 is 73.5 Å². The standard InChI is InChI=1S/C39H70N10O15S/c1-20(2)17-27(39(63)64)47-34(58)23(9-5-7-14-40)43-37(61)28(19-50)48-36(60)26(18-30(54)55)46-35(59)25(11-12-29(52)53)44-33(57)24(10-6-8-15-41)45-38(62)31(21(3)51)49-32(56)22(42)13-16-65-4/h20-28,31,50-51H,5-19,40-42H2,1-4H3,(H,43,61)(H,44,57)(H,45,62)(H,46,59)(H,47,58)(H,48,60)(H,49,56)(H,52,53)(H,54,55)(H,63,64)/t21-,22+,23+,24+,25+,26+,27+,28+,31+/m1/s1. The molecule has 0 spiro atoms. The molecule has 372 valence electrons. The van der Waals surface area contributed by atoms with Crippen LogP contribution in [0.15, 0.2) is 0 Å². The average molecular weight is 951 g/mol. The maximum atomic E-state index is 13.7. The molecule has 0 aromatic heterocycles. The molecule has 0 aliphatic heterocycles. The number of hydrogen-bond acceptors (Lipinski definition) is 16. The fraction of sp³-hybridized carbons (Fsp3) is 0.744. The molecule has 9 atom stereocenters. The number of thioether (sulfide) groups is 1. The van der Waals surface area contributed by atoms with Gasteiger partial charge >= 0.3 is 17.9 Å². The highest BCUT2D eigenvalue weighted by molar-refractivity contribution is 7.98. The molecule has 0 unspecified atom stereocenters. The molecule has 0 fully saturated rings. The van der Waals surface area contributed by atoms with Crippen LogP contribution in [0.4, 0.5) is 0 Å². The Hall–Kier alpha value is -5.15. The second-order valence-electron chi connectivity index (χ2n) is 15.7. The third-order valence-corrected chi connectivity index (χ3v) is 10.3. The van der Waals surface area contributed by atoms with E-state index in [1.165, 1.54) is 18.7 Å². The first kappa shape index (κ1) is 59.9. The van der Waals surface area contributed by atoms with Crippen LogP contribution in [0.1, 0.15) is 91.4 Å². The number of hydrogen-bond donors (Lipinski definition) is 15. The zero-order chi connectivity index (χ0) is 49.8. The van der Waals surface area contributed by atoms with E-state index in [0.29, 0.717) is 25.0 Å². The number of carbonyl (C=O) groups excluding carboxylic acids is 7. The summed E-state index contributed by atoms with van der Waals surface area (Å²) in [5, 5.41) is 65.1. The number of carboxylic acids is 3. The van der Waals surface area contributed by atoms with E-state index in [1.807, 2.05) is 0 Å². The van der Waals surface area contributed by atoms with Crippen LogP contribution >= 0.6 is 11.8 Å². The largest absolute Gasteiger partial charge is 0.481 e. The van der Waals surface area contributed by atoms with Crippen molar-refractivity contribution in [2.75, 3.05) is 31.7 Å². The maximum absolute atomic E-state index is 13.7. The predicted octanol–water partition coefficient (Wildman–Crippen LogP) is -4.44. The fourth-order valence-electron chi connectivity index (χ4n) is 6.00. The maximum Gasteiger partial charge on any atom is 0.326 e. The van der Waals surface area contributed by atoms with E-state index in [0.717, 1.165) is 0 Å². The molecule has 0 aromatic rings. The Morgan fingerprint density at radius 3 is 1.38 bits per heavy atom. The van der Waals surface area contributed by atoms with Gasteiger partial charge in [-0.2, -0.15) is 11.8 Å². The van der Waals surface area contributed by atoms with E-state index in [4.69, 9.17) is 17.2 Å². The lowest BCUT2D eigenvalue weighted by molar-refractivity contribution is -0.143. The zero-order valence-electron chi connectivity index (χ0n) is 37.3. The van der Waals surface area contributed by atoms with Crippen molar-refractivity contribution in [1.29, 1.82) is 0 Å². The number of nitrogens with one attached hydrogen (secondary N) is 7. The Kier molecular flexibility index (Phi) is 29.9. The number of nitrogens with two attached hydrogens (primary N) is 3. The number of aliphatic hydroxyl groups is 2. The second-order valence-corrected chi connectivity index (χ2v) is 16.7. The summed E-state index contributed by atoms with van der Waals surface area (Å²) < 4.78 is 0. The van der Waals surface area contributed by atoms with Gasteiger partial charge in [0.05, 0.1) is 25.2 Å². The summed E-state index contributed by atoms with van der Waals surface area (Å²) in [5.74, 6) is -11.4. The first-order valence-corrected chi connectivity index (χ1v) is 22.6. The summed E-state index contributed by atoms with van der Waals surface area (Å²) in [6.07, 6.45) is -0.640. The highest BCUT2D eigenvalue weighted by Gasteiger charge is 2.36. The lowest BCUT2D eigenvalue weighted by Crippen LogP contribution is -2.61. The average Bonchev–Trinajstić information content (AvgIpc) is 3.22. The number of aliphatic hydroxyl groups excluding tert-OH is 2. The molecule has 0 saturated carbocycles. The molecule has 26 heteroatoms. The zero-order valence-corrected chi connectivity index (χ0v) is 38.2. The smallest absolute Gasteiger partial charge is 0.326 e. The lowest BCUT2D eigenvalue weighted by atomic mass is 10.0. The molecule has 18 N–H and O–H groups in total. The van der Waals surface area contributed by atoms with Crippen LogP contribution in [0, 0.1) is 5.92 Å². The topological polar surface area (TPSA) is 434 Å². The first-order chi connectivity index (χ1) is 30.5. The van der Waals surface area contributed by atoms with E-state index in [9.17, 15) is 73.5 Å². The molecular weight excluding hydrogens is 881 g/mol. The van der Waals surface area contributed by atoms with E-state index in [-0.39, 0.29) is 51.1 Å². The van der Waals surface area contributed by atoms with Crippen LogP contribution in [0.25, 0.3) is 0 Å². The van der Waals surface area contributed by atoms with Crippen LogP contribution in [0.3, 0.4) is 0 Å². The Labute approximate surface area is 381 Å². The van der Waals surface area contributed by atoms with Gasteiger partial charge in [0.25, 0.3) is 0 Å². The number of unbranched alkanes of at least 4 members (excludes halogenated alkanes) is 2.